The van der Waals surface area contributed by atoms with Crippen LogP contribution in [0.2, 0.25) is 0 Å². The summed E-state index contributed by atoms with van der Waals surface area (Å²) in [5.74, 6) is -1.38. The van der Waals surface area contributed by atoms with Crippen molar-refractivity contribution >= 4 is 30.3 Å². The normalized spacial score (nSPS) is 12.7. The second-order valence-corrected chi connectivity index (χ2v) is 6.70. The molecule has 1 atom stereocenters. The Balaban J connectivity index is 3.14. The number of aliphatic carboxylic acids is 1. The monoisotopic (exact) mass is 325 g/mol. The minimum atomic E-state index is -1.03. The smallest absolute Gasteiger partial charge is 0.335 e. The molecule has 0 aromatic heterocycles. The van der Waals surface area contributed by atoms with E-state index in [0.29, 0.717) is 24.3 Å². The summed E-state index contributed by atoms with van der Waals surface area (Å²) in [4.78, 5) is 22.6. The van der Waals surface area contributed by atoms with Gasteiger partial charge in [-0.3, -0.25) is 0 Å². The maximum atomic E-state index is 11.3. The molecule has 0 radical (unpaired) electrons. The lowest BCUT2D eigenvalue weighted by atomic mass is 9.85. The standard InChI is InChI=1S/C16H23NO4S/c1-16(2,3)11-7-10(14(18)19)8-12(9-11)17-13(15(20)21)5-4-6-22/h7-9,13,17,22H,4-6H2,1-3H3,(H,18,19)(H,20,21). The number of rotatable bonds is 7. The predicted molar refractivity (Wildman–Crippen MR) is 90.2 cm³/mol. The lowest BCUT2D eigenvalue weighted by molar-refractivity contribution is -0.138. The third kappa shape index (κ3) is 5.26. The van der Waals surface area contributed by atoms with Gasteiger partial charge < -0.3 is 15.5 Å². The number of hydrogen-bond donors (Lipinski definition) is 4. The molecular weight excluding hydrogens is 302 g/mol. The minimum absolute atomic E-state index is 0.147. The van der Waals surface area contributed by atoms with Crippen molar-refractivity contribution in [1.29, 1.82) is 0 Å². The van der Waals surface area contributed by atoms with E-state index in [9.17, 15) is 19.8 Å². The fourth-order valence-corrected chi connectivity index (χ4v) is 2.20. The second-order valence-electron chi connectivity index (χ2n) is 6.26. The Morgan fingerprint density at radius 3 is 2.32 bits per heavy atom. The van der Waals surface area contributed by atoms with E-state index in [2.05, 4.69) is 17.9 Å². The number of thiol groups is 1. The second kappa shape index (κ2) is 7.54. The van der Waals surface area contributed by atoms with E-state index in [1.165, 1.54) is 6.07 Å². The zero-order valence-electron chi connectivity index (χ0n) is 13.1. The van der Waals surface area contributed by atoms with Crippen LogP contribution in [0.15, 0.2) is 18.2 Å². The zero-order valence-corrected chi connectivity index (χ0v) is 14.0. The average molecular weight is 325 g/mol. The van der Waals surface area contributed by atoms with Crippen LogP contribution in [-0.4, -0.2) is 33.9 Å². The molecule has 5 nitrogen and oxygen atoms in total. The lowest BCUT2D eigenvalue weighted by Gasteiger charge is -2.22. The minimum Gasteiger partial charge on any atom is -0.480 e. The van der Waals surface area contributed by atoms with Crippen molar-refractivity contribution in [3.05, 3.63) is 29.3 Å². The molecular formula is C16H23NO4S. The van der Waals surface area contributed by atoms with Gasteiger partial charge in [0.25, 0.3) is 0 Å². The zero-order chi connectivity index (χ0) is 16.9. The number of anilines is 1. The van der Waals surface area contributed by atoms with Crippen molar-refractivity contribution < 1.29 is 19.8 Å². The summed E-state index contributed by atoms with van der Waals surface area (Å²) in [6, 6.07) is 4.14. The number of nitrogens with one attached hydrogen (secondary N) is 1. The SMILES string of the molecule is CC(C)(C)c1cc(NC(CCCS)C(=O)O)cc(C(=O)O)c1. The van der Waals surface area contributed by atoms with Crippen LogP contribution in [0, 0.1) is 0 Å². The Labute approximate surface area is 136 Å². The van der Waals surface area contributed by atoms with Crippen LogP contribution in [0.4, 0.5) is 5.69 Å². The van der Waals surface area contributed by atoms with E-state index in [0.717, 1.165) is 5.56 Å². The van der Waals surface area contributed by atoms with Crippen LogP contribution < -0.4 is 5.32 Å². The van der Waals surface area contributed by atoms with E-state index >= 15 is 0 Å². The fraction of sp³-hybridized carbons (Fsp3) is 0.500. The largest absolute Gasteiger partial charge is 0.480 e. The molecule has 0 aliphatic carbocycles. The molecule has 0 aliphatic heterocycles. The third-order valence-corrected chi connectivity index (χ3v) is 3.65. The van der Waals surface area contributed by atoms with Crippen molar-refractivity contribution in [1.82, 2.24) is 0 Å². The number of hydrogen-bond acceptors (Lipinski definition) is 4. The van der Waals surface area contributed by atoms with Crippen LogP contribution in [0.25, 0.3) is 0 Å². The highest BCUT2D eigenvalue weighted by atomic mass is 32.1. The summed E-state index contributed by atoms with van der Waals surface area (Å²) in [6.45, 7) is 5.94. The summed E-state index contributed by atoms with van der Waals surface area (Å²) >= 11 is 4.09. The van der Waals surface area contributed by atoms with E-state index in [1.54, 1.807) is 6.07 Å². The van der Waals surface area contributed by atoms with Gasteiger partial charge in [-0.2, -0.15) is 12.6 Å². The van der Waals surface area contributed by atoms with Crippen molar-refractivity contribution in [2.45, 2.75) is 45.1 Å². The summed E-state index contributed by atoms with van der Waals surface area (Å²) in [6.07, 6.45) is 1.10. The summed E-state index contributed by atoms with van der Waals surface area (Å²) in [5, 5.41) is 21.4. The van der Waals surface area contributed by atoms with Crippen molar-refractivity contribution in [3.63, 3.8) is 0 Å². The highest BCUT2D eigenvalue weighted by Gasteiger charge is 2.20. The highest BCUT2D eigenvalue weighted by molar-refractivity contribution is 7.80. The molecule has 0 saturated heterocycles. The van der Waals surface area contributed by atoms with Gasteiger partial charge in [-0.25, -0.2) is 9.59 Å². The predicted octanol–water partition coefficient (Wildman–Crippen LogP) is 3.26. The summed E-state index contributed by atoms with van der Waals surface area (Å²) in [7, 11) is 0. The van der Waals surface area contributed by atoms with Gasteiger partial charge in [0, 0.05) is 5.69 Å². The van der Waals surface area contributed by atoms with E-state index in [4.69, 9.17) is 0 Å². The molecule has 3 N–H and O–H groups in total. The number of aromatic carboxylic acids is 1. The molecule has 0 bridgehead atoms. The molecule has 6 heteroatoms. The quantitative estimate of drug-likeness (QED) is 0.578. The Bertz CT molecular complexity index is 552. The third-order valence-electron chi connectivity index (χ3n) is 3.34. The van der Waals surface area contributed by atoms with Crippen molar-refractivity contribution in [2.75, 3.05) is 11.1 Å². The van der Waals surface area contributed by atoms with E-state index in [-0.39, 0.29) is 11.0 Å². The number of benzene rings is 1. The number of carboxylic acids is 2. The van der Waals surface area contributed by atoms with Crippen LogP contribution in [0.5, 0.6) is 0 Å². The van der Waals surface area contributed by atoms with Gasteiger partial charge in [-0.05, 0) is 47.8 Å². The van der Waals surface area contributed by atoms with Crippen LogP contribution in [0.1, 0.15) is 49.5 Å². The molecule has 122 valence electrons. The fourth-order valence-electron chi connectivity index (χ4n) is 2.02. The first-order chi connectivity index (χ1) is 10.1. The lowest BCUT2D eigenvalue weighted by Crippen LogP contribution is -2.29. The molecule has 1 unspecified atom stereocenters. The highest BCUT2D eigenvalue weighted by Crippen LogP contribution is 2.27. The van der Waals surface area contributed by atoms with Crippen molar-refractivity contribution in [3.8, 4) is 0 Å². The van der Waals surface area contributed by atoms with Gasteiger partial charge >= 0.3 is 11.9 Å². The maximum absolute atomic E-state index is 11.3. The molecule has 0 aliphatic rings. The van der Waals surface area contributed by atoms with E-state index in [1.807, 2.05) is 26.8 Å². The molecule has 1 rings (SSSR count). The molecule has 0 fully saturated rings. The van der Waals surface area contributed by atoms with Crippen molar-refractivity contribution in [2.24, 2.45) is 0 Å². The van der Waals surface area contributed by atoms with Crippen LogP contribution in [-0.2, 0) is 10.2 Å². The topological polar surface area (TPSA) is 86.6 Å². The Morgan fingerprint density at radius 2 is 1.86 bits per heavy atom. The number of carboxylic acid groups (broad SMARTS) is 2. The Morgan fingerprint density at radius 1 is 1.23 bits per heavy atom. The molecule has 0 saturated carbocycles. The van der Waals surface area contributed by atoms with Gasteiger partial charge in [0.2, 0.25) is 0 Å². The number of carbonyl (C=O) groups is 2. The first-order valence-corrected chi connectivity index (χ1v) is 7.77. The van der Waals surface area contributed by atoms with Gasteiger partial charge in [0.1, 0.15) is 6.04 Å². The molecule has 0 spiro atoms. The Kier molecular flexibility index (Phi) is 6.29. The van der Waals surface area contributed by atoms with Gasteiger partial charge in [0.05, 0.1) is 5.56 Å². The first kappa shape index (κ1) is 18.4. The van der Waals surface area contributed by atoms with Gasteiger partial charge in [0.15, 0.2) is 0 Å². The molecule has 0 amide bonds. The molecule has 1 aromatic rings. The van der Waals surface area contributed by atoms with Gasteiger partial charge in [-0.1, -0.05) is 20.8 Å². The molecule has 1 aromatic carbocycles. The average Bonchev–Trinajstić information content (AvgIpc) is 2.41. The first-order valence-electron chi connectivity index (χ1n) is 7.14. The summed E-state index contributed by atoms with van der Waals surface area (Å²) < 4.78 is 0. The maximum Gasteiger partial charge on any atom is 0.335 e. The van der Waals surface area contributed by atoms with Crippen LogP contribution in [0.3, 0.4) is 0 Å². The summed E-state index contributed by atoms with van der Waals surface area (Å²) in [5.41, 5.74) is 1.27. The molecule has 22 heavy (non-hydrogen) atoms. The van der Waals surface area contributed by atoms with Crippen LogP contribution >= 0.6 is 12.6 Å². The van der Waals surface area contributed by atoms with Gasteiger partial charge in [-0.15, -0.1) is 0 Å². The Hall–Kier alpha value is -1.69. The molecule has 0 heterocycles. The van der Waals surface area contributed by atoms with E-state index < -0.39 is 18.0 Å².